The van der Waals surface area contributed by atoms with Crippen LogP contribution in [0.4, 0.5) is 0 Å². The number of hydrogen-bond acceptors (Lipinski definition) is 8. The molecule has 0 radical (unpaired) electrons. The third kappa shape index (κ3) is 12.5. The number of rotatable bonds is 17. The minimum atomic E-state index is -2.16. The molecule has 3 saturated heterocycles. The van der Waals surface area contributed by atoms with Crippen molar-refractivity contribution in [2.75, 3.05) is 0 Å². The van der Waals surface area contributed by atoms with Gasteiger partial charge in [0.15, 0.2) is 25.0 Å². The van der Waals surface area contributed by atoms with Crippen LogP contribution in [0.3, 0.4) is 0 Å². The fourth-order valence-corrected chi connectivity index (χ4v) is 14.1. The van der Waals surface area contributed by atoms with Crippen molar-refractivity contribution < 1.29 is 37.7 Å². The molecule has 2 N–H and O–H groups in total. The van der Waals surface area contributed by atoms with Gasteiger partial charge in [0, 0.05) is 0 Å². The van der Waals surface area contributed by atoms with Gasteiger partial charge in [0.25, 0.3) is 0 Å². The van der Waals surface area contributed by atoms with E-state index in [0.29, 0.717) is 25.7 Å². The summed E-state index contributed by atoms with van der Waals surface area (Å²) in [5.74, 6) is 0. The van der Waals surface area contributed by atoms with Crippen LogP contribution in [0.5, 0.6) is 0 Å². The average molecular weight is 886 g/mol. The minimum absolute atomic E-state index is 0.0224. The Morgan fingerprint density at radius 2 is 1.12 bits per heavy atom. The highest BCUT2D eigenvalue weighted by atomic mass is 28.4. The van der Waals surface area contributed by atoms with Gasteiger partial charge < -0.3 is 37.7 Å². The highest BCUT2D eigenvalue weighted by Crippen LogP contribution is 2.50. The van der Waals surface area contributed by atoms with Crippen molar-refractivity contribution in [2.24, 2.45) is 0 Å². The molecule has 3 rings (SSSR count). The summed E-state index contributed by atoms with van der Waals surface area (Å²) in [6, 6.07) is 0. The van der Waals surface area contributed by atoms with Gasteiger partial charge in [-0.2, -0.15) is 0 Å². The maximum atomic E-state index is 11.6. The Morgan fingerprint density at radius 3 is 1.59 bits per heavy atom. The number of ether oxygens (including phenoxy) is 3. The Kier molecular flexibility index (Phi) is 16.1. The van der Waals surface area contributed by atoms with Gasteiger partial charge in [0.1, 0.15) is 0 Å². The van der Waals surface area contributed by atoms with Crippen molar-refractivity contribution in [1.29, 1.82) is 0 Å². The molecule has 11 heteroatoms. The standard InChI is InChI=1S/C48H96O8Si3/c1-34(24-26-36(50)46(15)31-28-37(52-46)44(11,12)54-57(18,19)41(2,3)4)35(49)25-27-39-48(17,56-59(22,23)43(8,9)10)33-30-40(51-39)47(16)32-29-38(53-47)45(13,14)55-58(20,21)42(5,6)7/h35-40,49-50H,1,24-33H2,2-23H3/t35-,36-,37+,38-,39+,40+,46+,47-,48-/m0/s1. The molecule has 0 amide bonds. The summed E-state index contributed by atoms with van der Waals surface area (Å²) < 4.78 is 42.0. The Balaban J connectivity index is 1.70. The molecule has 9 atom stereocenters. The Labute approximate surface area is 367 Å². The van der Waals surface area contributed by atoms with E-state index in [-0.39, 0.29) is 39.5 Å². The van der Waals surface area contributed by atoms with Gasteiger partial charge in [-0.25, -0.2) is 0 Å². The molecule has 348 valence electrons. The van der Waals surface area contributed by atoms with Gasteiger partial charge in [0.05, 0.1) is 64.6 Å². The second kappa shape index (κ2) is 17.8. The molecule has 0 aliphatic carbocycles. The molecule has 3 fully saturated rings. The molecule has 0 aromatic carbocycles. The van der Waals surface area contributed by atoms with Crippen LogP contribution in [0.2, 0.25) is 54.4 Å². The third-order valence-electron chi connectivity index (χ3n) is 16.3. The van der Waals surface area contributed by atoms with Gasteiger partial charge in [-0.05, 0) is 173 Å². The van der Waals surface area contributed by atoms with E-state index in [1.54, 1.807) is 0 Å². The van der Waals surface area contributed by atoms with Gasteiger partial charge in [-0.15, -0.1) is 0 Å². The lowest BCUT2D eigenvalue weighted by Crippen LogP contribution is -2.60. The SMILES string of the molecule is C=C(CC[C@H](O)[C@@]1(C)CC[C@H](C(C)(C)O[Si](C)(C)C(C)(C)C)O1)[C@@H](O)CC[C@H]1O[C@@H]([C@]2(C)CC[C@@H](C(C)(C)O[Si](C)(C)C(C)(C)C)O2)CC[C@]1(C)O[Si](C)(C)C(C)(C)C. The lowest BCUT2D eigenvalue weighted by Gasteiger charge is -2.53. The molecule has 8 nitrogen and oxygen atoms in total. The van der Waals surface area contributed by atoms with Gasteiger partial charge in [-0.3, -0.25) is 0 Å². The van der Waals surface area contributed by atoms with Crippen LogP contribution in [-0.2, 0) is 27.5 Å². The van der Waals surface area contributed by atoms with Crippen LogP contribution < -0.4 is 0 Å². The molecule has 0 aromatic heterocycles. The fourth-order valence-electron chi connectivity index (χ4n) is 8.91. The number of aliphatic hydroxyl groups excluding tert-OH is 2. The maximum absolute atomic E-state index is 11.6. The molecular formula is C48H96O8Si3. The zero-order valence-corrected chi connectivity index (χ0v) is 45.6. The van der Waals surface area contributed by atoms with Crippen molar-refractivity contribution >= 4 is 25.0 Å². The molecule has 3 aliphatic heterocycles. The first-order chi connectivity index (χ1) is 26.1. The largest absolute Gasteiger partial charge is 0.409 e. The summed E-state index contributed by atoms with van der Waals surface area (Å²) in [5.41, 5.74) is -1.75. The summed E-state index contributed by atoms with van der Waals surface area (Å²) >= 11 is 0. The van der Waals surface area contributed by atoms with Crippen LogP contribution in [0.15, 0.2) is 12.2 Å². The zero-order chi connectivity index (χ0) is 45.9. The van der Waals surface area contributed by atoms with E-state index in [2.05, 4.69) is 150 Å². The molecule has 0 bridgehead atoms. The van der Waals surface area contributed by atoms with Crippen molar-refractivity contribution in [3.05, 3.63) is 12.2 Å². The van der Waals surface area contributed by atoms with E-state index in [0.717, 1.165) is 44.1 Å². The van der Waals surface area contributed by atoms with Crippen LogP contribution in [-0.4, -0.2) is 99.8 Å². The Morgan fingerprint density at radius 1 is 0.661 bits per heavy atom. The minimum Gasteiger partial charge on any atom is -0.409 e. The summed E-state index contributed by atoms with van der Waals surface area (Å²) in [6.07, 6.45) is 5.43. The van der Waals surface area contributed by atoms with Gasteiger partial charge in [0.2, 0.25) is 0 Å². The van der Waals surface area contributed by atoms with E-state index < -0.39 is 65.2 Å². The van der Waals surface area contributed by atoms with E-state index in [1.165, 1.54) is 0 Å². The highest BCUT2D eigenvalue weighted by molar-refractivity contribution is 6.75. The zero-order valence-electron chi connectivity index (χ0n) is 42.6. The summed E-state index contributed by atoms with van der Waals surface area (Å²) in [4.78, 5) is 0. The van der Waals surface area contributed by atoms with Crippen molar-refractivity contribution in [2.45, 2.75) is 294 Å². The van der Waals surface area contributed by atoms with Crippen LogP contribution in [0.1, 0.15) is 175 Å². The second-order valence-electron chi connectivity index (χ2n) is 25.5. The first kappa shape index (κ1) is 53.4. The van der Waals surface area contributed by atoms with Crippen LogP contribution >= 0.6 is 0 Å². The Hall–Kier alpha value is 0.0706. The molecule has 0 saturated carbocycles. The van der Waals surface area contributed by atoms with Crippen molar-refractivity contribution in [3.8, 4) is 0 Å². The van der Waals surface area contributed by atoms with E-state index in [4.69, 9.17) is 27.5 Å². The predicted octanol–water partition coefficient (Wildman–Crippen LogP) is 12.6. The molecule has 0 unspecified atom stereocenters. The van der Waals surface area contributed by atoms with Crippen molar-refractivity contribution in [1.82, 2.24) is 0 Å². The van der Waals surface area contributed by atoms with Crippen molar-refractivity contribution in [3.63, 3.8) is 0 Å². The maximum Gasteiger partial charge on any atom is 0.192 e. The first-order valence-electron chi connectivity index (χ1n) is 23.3. The summed E-state index contributed by atoms with van der Waals surface area (Å²) in [6.45, 7) is 53.8. The molecule has 0 spiro atoms. The normalized spacial score (nSPS) is 32.1. The quantitative estimate of drug-likeness (QED) is 0.110. The van der Waals surface area contributed by atoms with Gasteiger partial charge >= 0.3 is 0 Å². The molecule has 3 aliphatic rings. The van der Waals surface area contributed by atoms with E-state index >= 15 is 0 Å². The lowest BCUT2D eigenvalue weighted by molar-refractivity contribution is -0.228. The topological polar surface area (TPSA) is 95.8 Å². The number of aliphatic hydroxyl groups is 2. The molecular weight excluding hydrogens is 789 g/mol. The number of hydrogen-bond donors (Lipinski definition) is 2. The fraction of sp³-hybridized carbons (Fsp3) is 0.958. The summed E-state index contributed by atoms with van der Waals surface area (Å²) in [5, 5.41) is 23.4. The third-order valence-corrected chi connectivity index (χ3v) is 30.2. The predicted molar refractivity (Wildman–Crippen MR) is 254 cm³/mol. The molecule has 0 aromatic rings. The molecule has 59 heavy (non-hydrogen) atoms. The Bertz CT molecular complexity index is 1420. The highest BCUT2D eigenvalue weighted by Gasteiger charge is 2.56. The molecule has 3 heterocycles. The van der Waals surface area contributed by atoms with E-state index in [1.807, 2.05) is 6.92 Å². The second-order valence-corrected chi connectivity index (χ2v) is 39.7. The summed E-state index contributed by atoms with van der Waals surface area (Å²) in [7, 11) is -6.20. The average Bonchev–Trinajstić information content (AvgIpc) is 3.65. The monoisotopic (exact) mass is 885 g/mol. The lowest BCUT2D eigenvalue weighted by atomic mass is 9.80. The van der Waals surface area contributed by atoms with E-state index in [9.17, 15) is 10.2 Å². The van der Waals surface area contributed by atoms with Crippen LogP contribution in [0, 0.1) is 0 Å². The smallest absolute Gasteiger partial charge is 0.192 e. The van der Waals surface area contributed by atoms with Crippen LogP contribution in [0.25, 0.3) is 0 Å². The first-order valence-corrected chi connectivity index (χ1v) is 32.0. The van der Waals surface area contributed by atoms with Gasteiger partial charge in [-0.1, -0.05) is 68.9 Å².